The molecule has 0 radical (unpaired) electrons. The van der Waals surface area contributed by atoms with Gasteiger partial charge in [0.1, 0.15) is 5.82 Å². The summed E-state index contributed by atoms with van der Waals surface area (Å²) in [5.74, 6) is -1.18. The molecule has 0 bridgehead atoms. The molecule has 1 heterocycles. The number of rotatable bonds is 6. The Morgan fingerprint density at radius 3 is 2.52 bits per heavy atom. The van der Waals surface area contributed by atoms with E-state index in [0.29, 0.717) is 22.7 Å². The van der Waals surface area contributed by atoms with Crippen LogP contribution < -0.4 is 14.8 Å². The molecule has 1 atom stereocenters. The van der Waals surface area contributed by atoms with Crippen molar-refractivity contribution in [3.63, 3.8) is 0 Å². The van der Waals surface area contributed by atoms with Gasteiger partial charge in [-0.25, -0.2) is 4.39 Å². The van der Waals surface area contributed by atoms with Crippen LogP contribution in [0.2, 0.25) is 0 Å². The summed E-state index contributed by atoms with van der Waals surface area (Å²) in [4.78, 5) is 23.4. The van der Waals surface area contributed by atoms with E-state index in [0.717, 1.165) is 0 Å². The van der Waals surface area contributed by atoms with Crippen LogP contribution in [-0.2, 0) is 9.59 Å². The van der Waals surface area contributed by atoms with Gasteiger partial charge in [0.05, 0.1) is 6.42 Å². The molecule has 0 aromatic heterocycles. The summed E-state index contributed by atoms with van der Waals surface area (Å²) >= 11 is 0. The number of halogens is 1. The number of ether oxygens (including phenoxy) is 2. The quantitative estimate of drug-likeness (QED) is 0.840. The number of hydrogen-bond acceptors (Lipinski definition) is 4. The number of benzene rings is 2. The van der Waals surface area contributed by atoms with E-state index in [2.05, 4.69) is 5.32 Å². The molecule has 3 rings (SSSR count). The van der Waals surface area contributed by atoms with Crippen LogP contribution in [0.5, 0.6) is 11.5 Å². The molecule has 2 aromatic rings. The molecule has 6 nitrogen and oxygen atoms in total. The molecule has 1 aliphatic rings. The molecule has 25 heavy (non-hydrogen) atoms. The second kappa shape index (κ2) is 7.21. The van der Waals surface area contributed by atoms with Crippen LogP contribution in [-0.4, -0.2) is 23.8 Å². The van der Waals surface area contributed by atoms with Crippen LogP contribution in [0.25, 0.3) is 0 Å². The molecular formula is C18H16FNO5. The summed E-state index contributed by atoms with van der Waals surface area (Å²) in [6, 6.07) is 10.5. The minimum Gasteiger partial charge on any atom is -0.481 e. The molecular weight excluding hydrogens is 329 g/mol. The number of carbonyl (C=O) groups is 2. The number of carboxylic acid groups (broad SMARTS) is 1. The average Bonchev–Trinajstić information content (AvgIpc) is 3.02. The maximum absolute atomic E-state index is 13.1. The van der Waals surface area contributed by atoms with E-state index in [4.69, 9.17) is 14.6 Å². The number of nitrogens with one attached hydrogen (secondary N) is 1. The second-order valence-electron chi connectivity index (χ2n) is 5.67. The molecule has 1 aliphatic heterocycles. The predicted octanol–water partition coefficient (Wildman–Crippen LogP) is 3.14. The highest BCUT2D eigenvalue weighted by molar-refractivity contribution is 5.92. The number of hydrogen-bond donors (Lipinski definition) is 2. The lowest BCUT2D eigenvalue weighted by Gasteiger charge is -2.15. The van der Waals surface area contributed by atoms with E-state index in [1.807, 2.05) is 0 Å². The van der Waals surface area contributed by atoms with Gasteiger partial charge < -0.3 is 19.9 Å². The first-order valence-electron chi connectivity index (χ1n) is 7.68. The van der Waals surface area contributed by atoms with Crippen LogP contribution >= 0.6 is 0 Å². The Labute approximate surface area is 143 Å². The number of fused-ring (bicyclic) bond motifs is 1. The minimum atomic E-state index is -1.02. The lowest BCUT2D eigenvalue weighted by molar-refractivity contribution is -0.137. The largest absolute Gasteiger partial charge is 0.481 e. The van der Waals surface area contributed by atoms with Gasteiger partial charge in [-0.1, -0.05) is 12.1 Å². The molecule has 7 heteroatoms. The fourth-order valence-electron chi connectivity index (χ4n) is 2.66. The van der Waals surface area contributed by atoms with Gasteiger partial charge in [-0.2, -0.15) is 0 Å². The SMILES string of the molecule is O=C(O)CC(CC(=O)Nc1ccc2c(c1)OCO2)c1ccc(F)cc1. The van der Waals surface area contributed by atoms with Gasteiger partial charge >= 0.3 is 5.97 Å². The van der Waals surface area contributed by atoms with Gasteiger partial charge in [0.2, 0.25) is 12.7 Å². The molecule has 0 aliphatic carbocycles. The first-order chi connectivity index (χ1) is 12.0. The maximum Gasteiger partial charge on any atom is 0.303 e. The van der Waals surface area contributed by atoms with E-state index in [1.165, 1.54) is 24.3 Å². The van der Waals surface area contributed by atoms with Crippen LogP contribution in [0.4, 0.5) is 10.1 Å². The summed E-state index contributed by atoms with van der Waals surface area (Å²) in [5, 5.41) is 11.8. The van der Waals surface area contributed by atoms with Crippen molar-refractivity contribution >= 4 is 17.6 Å². The van der Waals surface area contributed by atoms with E-state index >= 15 is 0 Å². The number of carboxylic acids is 1. The van der Waals surface area contributed by atoms with Crippen molar-refractivity contribution in [2.24, 2.45) is 0 Å². The zero-order chi connectivity index (χ0) is 17.8. The van der Waals surface area contributed by atoms with Crippen LogP contribution in [0, 0.1) is 5.82 Å². The number of aliphatic carboxylic acids is 1. The Kier molecular flexibility index (Phi) is 4.83. The highest BCUT2D eigenvalue weighted by Gasteiger charge is 2.20. The first-order valence-corrected chi connectivity index (χ1v) is 7.68. The van der Waals surface area contributed by atoms with E-state index in [1.54, 1.807) is 18.2 Å². The van der Waals surface area contributed by atoms with Gasteiger partial charge in [-0.3, -0.25) is 9.59 Å². The normalized spacial score (nSPS) is 13.3. The van der Waals surface area contributed by atoms with Crippen molar-refractivity contribution in [3.8, 4) is 11.5 Å². The molecule has 0 fully saturated rings. The van der Waals surface area contributed by atoms with Gasteiger partial charge in [0, 0.05) is 24.1 Å². The average molecular weight is 345 g/mol. The van der Waals surface area contributed by atoms with Crippen LogP contribution in [0.3, 0.4) is 0 Å². The van der Waals surface area contributed by atoms with E-state index < -0.39 is 17.7 Å². The zero-order valence-corrected chi connectivity index (χ0v) is 13.2. The van der Waals surface area contributed by atoms with Crippen molar-refractivity contribution in [2.75, 3.05) is 12.1 Å². The highest BCUT2D eigenvalue weighted by Crippen LogP contribution is 2.34. The third-order valence-corrected chi connectivity index (χ3v) is 3.85. The fraction of sp³-hybridized carbons (Fsp3) is 0.222. The predicted molar refractivity (Wildman–Crippen MR) is 87.2 cm³/mol. The van der Waals surface area contributed by atoms with Gasteiger partial charge in [-0.15, -0.1) is 0 Å². The fourth-order valence-corrected chi connectivity index (χ4v) is 2.66. The Hall–Kier alpha value is -3.09. The zero-order valence-electron chi connectivity index (χ0n) is 13.2. The Morgan fingerprint density at radius 2 is 1.80 bits per heavy atom. The molecule has 1 amide bonds. The third kappa shape index (κ3) is 4.26. The molecule has 0 saturated carbocycles. The van der Waals surface area contributed by atoms with E-state index in [-0.39, 0.29) is 25.5 Å². The summed E-state index contributed by atoms with van der Waals surface area (Å²) in [6.07, 6.45) is -0.257. The first kappa shape index (κ1) is 16.8. The van der Waals surface area contributed by atoms with Crippen molar-refractivity contribution < 1.29 is 28.6 Å². The number of anilines is 1. The van der Waals surface area contributed by atoms with E-state index in [9.17, 15) is 14.0 Å². The smallest absolute Gasteiger partial charge is 0.303 e. The van der Waals surface area contributed by atoms with Gasteiger partial charge in [-0.05, 0) is 29.8 Å². The van der Waals surface area contributed by atoms with Crippen molar-refractivity contribution in [3.05, 3.63) is 53.8 Å². The van der Waals surface area contributed by atoms with Crippen molar-refractivity contribution in [2.45, 2.75) is 18.8 Å². The molecule has 130 valence electrons. The lowest BCUT2D eigenvalue weighted by Crippen LogP contribution is -2.17. The Bertz CT molecular complexity index is 791. The van der Waals surface area contributed by atoms with Crippen LogP contribution in [0.1, 0.15) is 24.3 Å². The monoisotopic (exact) mass is 345 g/mol. The number of carbonyl (C=O) groups excluding carboxylic acids is 1. The third-order valence-electron chi connectivity index (χ3n) is 3.85. The van der Waals surface area contributed by atoms with Gasteiger partial charge in [0.15, 0.2) is 11.5 Å². The van der Waals surface area contributed by atoms with Gasteiger partial charge in [0.25, 0.3) is 0 Å². The number of amides is 1. The van der Waals surface area contributed by atoms with Crippen molar-refractivity contribution in [1.29, 1.82) is 0 Å². The molecule has 0 saturated heterocycles. The summed E-state index contributed by atoms with van der Waals surface area (Å²) in [6.45, 7) is 0.137. The topological polar surface area (TPSA) is 84.9 Å². The molecule has 0 spiro atoms. The lowest BCUT2D eigenvalue weighted by atomic mass is 9.92. The Balaban J connectivity index is 1.69. The summed E-state index contributed by atoms with van der Waals surface area (Å²) in [7, 11) is 0. The Morgan fingerprint density at radius 1 is 1.08 bits per heavy atom. The molecule has 1 unspecified atom stereocenters. The maximum atomic E-state index is 13.1. The van der Waals surface area contributed by atoms with Crippen LogP contribution in [0.15, 0.2) is 42.5 Å². The summed E-state index contributed by atoms with van der Waals surface area (Å²) < 4.78 is 23.5. The molecule has 2 aromatic carbocycles. The summed E-state index contributed by atoms with van der Waals surface area (Å²) in [5.41, 5.74) is 1.13. The second-order valence-corrected chi connectivity index (χ2v) is 5.67. The standard InChI is InChI=1S/C18H16FNO5/c19-13-3-1-11(2-4-13)12(8-18(22)23)7-17(21)20-14-5-6-15-16(9-14)25-10-24-15/h1-6,9,12H,7-8,10H2,(H,20,21)(H,22,23). The highest BCUT2D eigenvalue weighted by atomic mass is 19.1. The minimum absolute atomic E-state index is 0.0353. The van der Waals surface area contributed by atoms with Crippen molar-refractivity contribution in [1.82, 2.24) is 0 Å². The molecule has 2 N–H and O–H groups in total.